The van der Waals surface area contributed by atoms with Gasteiger partial charge >= 0.3 is 0 Å². The zero-order valence-corrected chi connectivity index (χ0v) is 15.2. The SMILES string of the molecule is COc1c(Br)cc(CNc2ccc(Cl)cc2Cl)cc1Br. The Morgan fingerprint density at radius 3 is 2.30 bits per heavy atom. The van der Waals surface area contributed by atoms with Gasteiger partial charge in [0.1, 0.15) is 5.75 Å². The number of halogens is 4. The summed E-state index contributed by atoms with van der Waals surface area (Å²) in [6.45, 7) is 0.641. The molecule has 0 saturated carbocycles. The summed E-state index contributed by atoms with van der Waals surface area (Å²) in [5, 5.41) is 4.50. The molecule has 0 atom stereocenters. The van der Waals surface area contributed by atoms with Gasteiger partial charge in [-0.1, -0.05) is 23.2 Å². The van der Waals surface area contributed by atoms with E-state index in [-0.39, 0.29) is 0 Å². The van der Waals surface area contributed by atoms with Crippen LogP contribution in [0.15, 0.2) is 39.3 Å². The fourth-order valence-electron chi connectivity index (χ4n) is 1.74. The van der Waals surface area contributed by atoms with E-state index in [1.54, 1.807) is 19.2 Å². The summed E-state index contributed by atoms with van der Waals surface area (Å²) in [4.78, 5) is 0. The standard InChI is InChI=1S/C14H11Br2Cl2NO/c1-20-14-10(15)4-8(5-11(14)16)7-19-13-3-2-9(17)6-12(13)18/h2-6,19H,7H2,1H3. The van der Waals surface area contributed by atoms with Crippen molar-refractivity contribution in [1.82, 2.24) is 0 Å². The molecule has 2 aromatic rings. The summed E-state index contributed by atoms with van der Waals surface area (Å²) < 4.78 is 7.07. The summed E-state index contributed by atoms with van der Waals surface area (Å²) in [6.07, 6.45) is 0. The molecule has 106 valence electrons. The lowest BCUT2D eigenvalue weighted by Gasteiger charge is -2.12. The van der Waals surface area contributed by atoms with Crippen LogP contribution in [0, 0.1) is 0 Å². The maximum absolute atomic E-state index is 6.12. The molecule has 0 aliphatic rings. The van der Waals surface area contributed by atoms with E-state index in [9.17, 15) is 0 Å². The summed E-state index contributed by atoms with van der Waals surface area (Å²) in [5.74, 6) is 0.776. The largest absolute Gasteiger partial charge is 0.494 e. The van der Waals surface area contributed by atoms with Gasteiger partial charge in [0.05, 0.1) is 26.8 Å². The van der Waals surface area contributed by atoms with Crippen molar-refractivity contribution in [3.8, 4) is 5.75 Å². The van der Waals surface area contributed by atoms with Crippen LogP contribution in [-0.4, -0.2) is 7.11 Å². The van der Waals surface area contributed by atoms with Crippen molar-refractivity contribution in [2.75, 3.05) is 12.4 Å². The number of benzene rings is 2. The van der Waals surface area contributed by atoms with Crippen molar-refractivity contribution in [1.29, 1.82) is 0 Å². The highest BCUT2D eigenvalue weighted by Crippen LogP contribution is 2.35. The summed E-state index contributed by atoms with van der Waals surface area (Å²) in [7, 11) is 1.64. The Labute approximate surface area is 144 Å². The smallest absolute Gasteiger partial charge is 0.147 e. The average Bonchev–Trinajstić information content (AvgIpc) is 2.37. The van der Waals surface area contributed by atoms with Gasteiger partial charge in [-0.3, -0.25) is 0 Å². The molecule has 0 amide bonds. The minimum absolute atomic E-state index is 0.601. The molecule has 0 saturated heterocycles. The van der Waals surface area contributed by atoms with Crippen LogP contribution in [0.4, 0.5) is 5.69 Å². The van der Waals surface area contributed by atoms with E-state index < -0.39 is 0 Å². The molecule has 0 aromatic heterocycles. The van der Waals surface area contributed by atoms with Crippen LogP contribution in [0.25, 0.3) is 0 Å². The number of hydrogen-bond acceptors (Lipinski definition) is 2. The highest BCUT2D eigenvalue weighted by atomic mass is 79.9. The van der Waals surface area contributed by atoms with Gasteiger partial charge in [-0.05, 0) is 67.8 Å². The molecule has 0 bridgehead atoms. The second-order valence-corrected chi connectivity index (χ2v) is 6.62. The van der Waals surface area contributed by atoms with Gasteiger partial charge in [-0.15, -0.1) is 0 Å². The molecule has 0 spiro atoms. The van der Waals surface area contributed by atoms with Gasteiger partial charge in [0.2, 0.25) is 0 Å². The van der Waals surface area contributed by atoms with E-state index in [0.29, 0.717) is 16.6 Å². The van der Waals surface area contributed by atoms with E-state index in [4.69, 9.17) is 27.9 Å². The zero-order valence-electron chi connectivity index (χ0n) is 10.5. The molecule has 0 fully saturated rings. The first kappa shape index (κ1) is 16.0. The third-order valence-electron chi connectivity index (χ3n) is 2.68. The Kier molecular flexibility index (Phi) is 5.61. The fourth-order valence-corrected chi connectivity index (χ4v) is 3.82. The number of rotatable bonds is 4. The molecule has 0 heterocycles. The van der Waals surface area contributed by atoms with Crippen molar-refractivity contribution >= 4 is 60.7 Å². The Bertz CT molecular complexity index is 612. The van der Waals surface area contributed by atoms with Crippen molar-refractivity contribution in [2.24, 2.45) is 0 Å². The third kappa shape index (κ3) is 3.82. The maximum Gasteiger partial charge on any atom is 0.147 e. The Morgan fingerprint density at radius 2 is 1.75 bits per heavy atom. The molecule has 2 rings (SSSR count). The van der Waals surface area contributed by atoms with Gasteiger partial charge in [0.15, 0.2) is 0 Å². The van der Waals surface area contributed by atoms with E-state index >= 15 is 0 Å². The van der Waals surface area contributed by atoms with Crippen molar-refractivity contribution < 1.29 is 4.74 Å². The number of anilines is 1. The van der Waals surface area contributed by atoms with Gasteiger partial charge in [0, 0.05) is 11.6 Å². The molecule has 0 aliphatic heterocycles. The Morgan fingerprint density at radius 1 is 1.10 bits per heavy atom. The fraction of sp³-hybridized carbons (Fsp3) is 0.143. The van der Waals surface area contributed by atoms with E-state index in [1.807, 2.05) is 18.2 Å². The minimum Gasteiger partial charge on any atom is -0.494 e. The first-order valence-electron chi connectivity index (χ1n) is 5.72. The molecule has 0 radical (unpaired) electrons. The van der Waals surface area contributed by atoms with E-state index in [0.717, 1.165) is 25.9 Å². The van der Waals surface area contributed by atoms with Gasteiger partial charge < -0.3 is 10.1 Å². The molecular weight excluding hydrogens is 429 g/mol. The molecular formula is C14H11Br2Cl2NO. The summed E-state index contributed by atoms with van der Waals surface area (Å²) >= 11 is 19.0. The predicted octanol–water partition coefficient (Wildman–Crippen LogP) is 6.14. The quantitative estimate of drug-likeness (QED) is 0.617. The Balaban J connectivity index is 2.15. The van der Waals surface area contributed by atoms with Crippen LogP contribution in [0.2, 0.25) is 10.0 Å². The number of hydrogen-bond donors (Lipinski definition) is 1. The van der Waals surface area contributed by atoms with Crippen LogP contribution in [-0.2, 0) is 6.54 Å². The molecule has 1 N–H and O–H groups in total. The highest BCUT2D eigenvalue weighted by Gasteiger charge is 2.08. The maximum atomic E-state index is 6.12. The van der Waals surface area contributed by atoms with Crippen LogP contribution in [0.5, 0.6) is 5.75 Å². The van der Waals surface area contributed by atoms with E-state index in [1.165, 1.54) is 0 Å². The van der Waals surface area contributed by atoms with E-state index in [2.05, 4.69) is 37.2 Å². The summed E-state index contributed by atoms with van der Waals surface area (Å²) in [6, 6.07) is 9.38. The molecule has 0 aliphatic carbocycles. The average molecular weight is 440 g/mol. The Hall–Kier alpha value is -0.420. The minimum atomic E-state index is 0.601. The normalized spacial score (nSPS) is 10.4. The number of methoxy groups -OCH3 is 1. The third-order valence-corrected chi connectivity index (χ3v) is 4.40. The lowest BCUT2D eigenvalue weighted by Crippen LogP contribution is -2.00. The highest BCUT2D eigenvalue weighted by molar-refractivity contribution is 9.11. The van der Waals surface area contributed by atoms with Crippen LogP contribution in [0.3, 0.4) is 0 Å². The zero-order chi connectivity index (χ0) is 14.7. The monoisotopic (exact) mass is 437 g/mol. The van der Waals surface area contributed by atoms with Crippen molar-refractivity contribution in [3.05, 3.63) is 54.9 Å². The lowest BCUT2D eigenvalue weighted by atomic mass is 10.2. The van der Waals surface area contributed by atoms with Crippen molar-refractivity contribution in [3.63, 3.8) is 0 Å². The van der Waals surface area contributed by atoms with Gasteiger partial charge in [-0.2, -0.15) is 0 Å². The van der Waals surface area contributed by atoms with Crippen molar-refractivity contribution in [2.45, 2.75) is 6.54 Å². The predicted molar refractivity (Wildman–Crippen MR) is 92.2 cm³/mol. The van der Waals surface area contributed by atoms with Gasteiger partial charge in [-0.25, -0.2) is 0 Å². The molecule has 6 heteroatoms. The molecule has 0 unspecified atom stereocenters. The van der Waals surface area contributed by atoms with Crippen LogP contribution < -0.4 is 10.1 Å². The van der Waals surface area contributed by atoms with Crippen LogP contribution >= 0.6 is 55.1 Å². The van der Waals surface area contributed by atoms with Gasteiger partial charge in [0.25, 0.3) is 0 Å². The first-order valence-corrected chi connectivity index (χ1v) is 8.06. The first-order chi connectivity index (χ1) is 9.51. The lowest BCUT2D eigenvalue weighted by molar-refractivity contribution is 0.409. The number of ether oxygens (including phenoxy) is 1. The summed E-state index contributed by atoms with van der Waals surface area (Å²) in [5.41, 5.74) is 1.94. The topological polar surface area (TPSA) is 21.3 Å². The molecule has 2 aromatic carbocycles. The second-order valence-electron chi connectivity index (χ2n) is 4.07. The molecule has 2 nitrogen and oxygen atoms in total. The number of nitrogens with one attached hydrogen (secondary N) is 1. The van der Waals surface area contributed by atoms with Crippen LogP contribution in [0.1, 0.15) is 5.56 Å². The second kappa shape index (κ2) is 7.03. The molecule has 20 heavy (non-hydrogen) atoms.